The first-order chi connectivity index (χ1) is 12.2. The van der Waals surface area contributed by atoms with E-state index in [4.69, 9.17) is 4.74 Å². The molecule has 25 heavy (non-hydrogen) atoms. The molecule has 2 heterocycles. The smallest absolute Gasteiger partial charge is 0.269 e. The summed E-state index contributed by atoms with van der Waals surface area (Å²) in [5.41, 5.74) is 1.80. The molecule has 2 aromatic rings. The van der Waals surface area contributed by atoms with E-state index in [1.165, 1.54) is 12.1 Å². The zero-order valence-corrected chi connectivity index (χ0v) is 14.1. The van der Waals surface area contributed by atoms with E-state index >= 15 is 0 Å². The highest BCUT2D eigenvalue weighted by Crippen LogP contribution is 2.17. The molecule has 1 fully saturated rings. The highest BCUT2D eigenvalue weighted by Gasteiger charge is 2.12. The maximum absolute atomic E-state index is 13.0. The van der Waals surface area contributed by atoms with E-state index in [0.29, 0.717) is 17.9 Å². The van der Waals surface area contributed by atoms with Crippen molar-refractivity contribution in [3.63, 3.8) is 0 Å². The van der Waals surface area contributed by atoms with Gasteiger partial charge < -0.3 is 10.1 Å². The molecule has 1 amide bonds. The van der Waals surface area contributed by atoms with Gasteiger partial charge in [0.25, 0.3) is 5.91 Å². The fourth-order valence-electron chi connectivity index (χ4n) is 2.79. The van der Waals surface area contributed by atoms with Crippen molar-refractivity contribution in [3.8, 4) is 11.3 Å². The lowest BCUT2D eigenvalue weighted by Gasteiger charge is -2.26. The molecule has 0 aliphatic carbocycles. The Morgan fingerprint density at radius 2 is 2.00 bits per heavy atom. The Balaban J connectivity index is 1.40. The SMILES string of the molecule is O=C(NCCCCN1CCOCC1)c1cc(-c2ccc(F)cc2)n[nH]1. The second-order valence-corrected chi connectivity index (χ2v) is 6.09. The molecule has 134 valence electrons. The molecule has 7 heteroatoms. The van der Waals surface area contributed by atoms with Crippen molar-refractivity contribution >= 4 is 5.91 Å². The predicted molar refractivity (Wildman–Crippen MR) is 92.8 cm³/mol. The van der Waals surface area contributed by atoms with E-state index in [9.17, 15) is 9.18 Å². The second kappa shape index (κ2) is 8.73. The first-order valence-electron chi connectivity index (χ1n) is 8.62. The number of carbonyl (C=O) groups excluding carboxylic acids is 1. The summed E-state index contributed by atoms with van der Waals surface area (Å²) >= 11 is 0. The molecule has 1 aromatic heterocycles. The molecule has 0 unspecified atom stereocenters. The van der Waals surface area contributed by atoms with Crippen molar-refractivity contribution in [2.75, 3.05) is 39.4 Å². The van der Waals surface area contributed by atoms with Crippen LogP contribution >= 0.6 is 0 Å². The van der Waals surface area contributed by atoms with Crippen LogP contribution in [0, 0.1) is 5.82 Å². The minimum Gasteiger partial charge on any atom is -0.379 e. The van der Waals surface area contributed by atoms with Gasteiger partial charge in [0.05, 0.1) is 18.9 Å². The molecule has 1 aliphatic rings. The van der Waals surface area contributed by atoms with Crippen molar-refractivity contribution < 1.29 is 13.9 Å². The number of aromatic amines is 1. The van der Waals surface area contributed by atoms with Gasteiger partial charge >= 0.3 is 0 Å². The molecule has 1 aromatic carbocycles. The molecule has 2 N–H and O–H groups in total. The molecular weight excluding hydrogens is 323 g/mol. The van der Waals surface area contributed by atoms with Crippen LogP contribution in [0.25, 0.3) is 11.3 Å². The first kappa shape index (κ1) is 17.6. The number of rotatable bonds is 7. The molecule has 1 saturated heterocycles. The van der Waals surface area contributed by atoms with Crippen LogP contribution in [0.1, 0.15) is 23.3 Å². The summed E-state index contributed by atoms with van der Waals surface area (Å²) in [6.45, 7) is 5.28. The number of aromatic nitrogens is 2. The second-order valence-electron chi connectivity index (χ2n) is 6.09. The minimum absolute atomic E-state index is 0.174. The molecule has 0 bridgehead atoms. The normalized spacial score (nSPS) is 15.2. The number of ether oxygens (including phenoxy) is 1. The van der Waals surface area contributed by atoms with Crippen LogP contribution in [-0.4, -0.2) is 60.4 Å². The Morgan fingerprint density at radius 1 is 1.24 bits per heavy atom. The Kier molecular flexibility index (Phi) is 6.14. The standard InChI is InChI=1S/C18H23FN4O2/c19-15-5-3-14(4-6-15)16-13-17(22-21-16)18(24)20-7-1-2-8-23-9-11-25-12-10-23/h3-6,13H,1-2,7-12H2,(H,20,24)(H,21,22). The first-order valence-corrected chi connectivity index (χ1v) is 8.62. The van der Waals surface area contributed by atoms with Crippen LogP contribution in [0.3, 0.4) is 0 Å². The van der Waals surface area contributed by atoms with Gasteiger partial charge in [-0.15, -0.1) is 0 Å². The average molecular weight is 346 g/mol. The summed E-state index contributed by atoms with van der Waals surface area (Å²) in [5, 5.41) is 9.75. The van der Waals surface area contributed by atoms with E-state index in [-0.39, 0.29) is 11.7 Å². The number of hydrogen-bond acceptors (Lipinski definition) is 4. The number of nitrogens with zero attached hydrogens (tertiary/aromatic N) is 2. The topological polar surface area (TPSA) is 70.2 Å². The average Bonchev–Trinajstić information content (AvgIpc) is 3.13. The Labute approximate surface area is 146 Å². The highest BCUT2D eigenvalue weighted by molar-refractivity contribution is 5.93. The van der Waals surface area contributed by atoms with E-state index < -0.39 is 0 Å². The fourth-order valence-corrected chi connectivity index (χ4v) is 2.79. The number of carbonyl (C=O) groups is 1. The Bertz CT molecular complexity index is 681. The van der Waals surface area contributed by atoms with Gasteiger partial charge in [-0.1, -0.05) is 0 Å². The number of amides is 1. The lowest BCUT2D eigenvalue weighted by atomic mass is 10.1. The number of halogens is 1. The summed E-state index contributed by atoms with van der Waals surface area (Å²) in [6, 6.07) is 7.70. The molecular formula is C18H23FN4O2. The zero-order chi connectivity index (χ0) is 17.5. The quantitative estimate of drug-likeness (QED) is 0.753. The minimum atomic E-state index is -0.297. The molecule has 0 atom stereocenters. The number of morpholine rings is 1. The van der Waals surface area contributed by atoms with E-state index in [0.717, 1.165) is 51.3 Å². The molecule has 0 radical (unpaired) electrons. The summed E-state index contributed by atoms with van der Waals surface area (Å²) in [5.74, 6) is -0.471. The van der Waals surface area contributed by atoms with Crippen LogP contribution in [0.15, 0.2) is 30.3 Å². The maximum Gasteiger partial charge on any atom is 0.269 e. The van der Waals surface area contributed by atoms with E-state index in [1.54, 1.807) is 18.2 Å². The lowest BCUT2D eigenvalue weighted by Crippen LogP contribution is -2.37. The van der Waals surface area contributed by atoms with Crippen molar-refractivity contribution in [1.29, 1.82) is 0 Å². The third-order valence-electron chi connectivity index (χ3n) is 4.25. The van der Waals surface area contributed by atoms with Crippen LogP contribution < -0.4 is 5.32 Å². The summed E-state index contributed by atoms with van der Waals surface area (Å²) in [4.78, 5) is 14.5. The van der Waals surface area contributed by atoms with Gasteiger partial charge in [0, 0.05) is 25.2 Å². The van der Waals surface area contributed by atoms with Crippen molar-refractivity contribution in [2.45, 2.75) is 12.8 Å². The van der Waals surface area contributed by atoms with Gasteiger partial charge in [0.2, 0.25) is 0 Å². The van der Waals surface area contributed by atoms with Crippen LogP contribution in [0.4, 0.5) is 4.39 Å². The Hall–Kier alpha value is -2.25. The highest BCUT2D eigenvalue weighted by atomic mass is 19.1. The van der Waals surface area contributed by atoms with Crippen LogP contribution in [-0.2, 0) is 4.74 Å². The molecule has 3 rings (SSSR count). The number of unbranched alkanes of at least 4 members (excludes halogenated alkanes) is 1. The van der Waals surface area contributed by atoms with Gasteiger partial charge in [0.1, 0.15) is 11.5 Å². The fraction of sp³-hybridized carbons (Fsp3) is 0.444. The van der Waals surface area contributed by atoms with Gasteiger partial charge in [-0.3, -0.25) is 14.8 Å². The number of nitrogens with one attached hydrogen (secondary N) is 2. The summed E-state index contributed by atoms with van der Waals surface area (Å²) in [7, 11) is 0. The van der Waals surface area contributed by atoms with Gasteiger partial charge in [0.15, 0.2) is 0 Å². The van der Waals surface area contributed by atoms with Crippen LogP contribution in [0.2, 0.25) is 0 Å². The van der Waals surface area contributed by atoms with Crippen molar-refractivity contribution in [1.82, 2.24) is 20.4 Å². The number of hydrogen-bond donors (Lipinski definition) is 2. The maximum atomic E-state index is 13.0. The van der Waals surface area contributed by atoms with E-state index in [2.05, 4.69) is 20.4 Å². The summed E-state index contributed by atoms with van der Waals surface area (Å²) < 4.78 is 18.3. The van der Waals surface area contributed by atoms with Gasteiger partial charge in [-0.2, -0.15) is 5.10 Å². The zero-order valence-electron chi connectivity index (χ0n) is 14.1. The van der Waals surface area contributed by atoms with Crippen LogP contribution in [0.5, 0.6) is 0 Å². The van der Waals surface area contributed by atoms with Crippen molar-refractivity contribution in [2.24, 2.45) is 0 Å². The van der Waals surface area contributed by atoms with E-state index in [1.807, 2.05) is 0 Å². The van der Waals surface area contributed by atoms with Gasteiger partial charge in [-0.05, 0) is 49.7 Å². The molecule has 0 spiro atoms. The molecule has 1 aliphatic heterocycles. The molecule has 6 nitrogen and oxygen atoms in total. The van der Waals surface area contributed by atoms with Gasteiger partial charge in [-0.25, -0.2) is 4.39 Å². The number of H-pyrrole nitrogens is 1. The third-order valence-corrected chi connectivity index (χ3v) is 4.25. The number of benzene rings is 1. The third kappa shape index (κ3) is 5.11. The lowest BCUT2D eigenvalue weighted by molar-refractivity contribution is 0.0372. The predicted octanol–water partition coefficient (Wildman–Crippen LogP) is 2.06. The monoisotopic (exact) mass is 346 g/mol. The van der Waals surface area contributed by atoms with Crippen molar-refractivity contribution in [3.05, 3.63) is 41.8 Å². The Morgan fingerprint density at radius 3 is 2.76 bits per heavy atom. The summed E-state index contributed by atoms with van der Waals surface area (Å²) in [6.07, 6.45) is 1.98. The largest absolute Gasteiger partial charge is 0.379 e. The molecule has 0 saturated carbocycles.